The van der Waals surface area contributed by atoms with Crippen molar-refractivity contribution in [2.75, 3.05) is 13.2 Å². The summed E-state index contributed by atoms with van der Waals surface area (Å²) in [4.78, 5) is 10.4. The quantitative estimate of drug-likeness (QED) is 0.445. The molecule has 0 atom stereocenters. The minimum atomic E-state index is -0.400. The fraction of sp³-hybridized carbons (Fsp3) is 0.429. The molecule has 0 bridgehead atoms. The summed E-state index contributed by atoms with van der Waals surface area (Å²) in [6.45, 7) is 9.58. The lowest BCUT2D eigenvalue weighted by Crippen LogP contribution is -2.19. The van der Waals surface area contributed by atoms with E-state index in [0.29, 0.717) is 24.8 Å². The third-order valence-corrected chi connectivity index (χ3v) is 2.48. The van der Waals surface area contributed by atoms with E-state index in [-0.39, 0.29) is 5.69 Å². The highest BCUT2D eigenvalue weighted by molar-refractivity contribution is 5.43. The Morgan fingerprint density at radius 2 is 2.26 bits per heavy atom. The third kappa shape index (κ3) is 5.09. The second-order valence-corrected chi connectivity index (χ2v) is 4.67. The van der Waals surface area contributed by atoms with Crippen molar-refractivity contribution in [1.29, 1.82) is 0 Å². The summed E-state index contributed by atoms with van der Waals surface area (Å²) in [5.74, 6) is 1.18. The van der Waals surface area contributed by atoms with Gasteiger partial charge in [0.2, 0.25) is 0 Å². The van der Waals surface area contributed by atoms with Crippen molar-refractivity contribution in [3.05, 3.63) is 46.5 Å². The smallest absolute Gasteiger partial charge is 0.270 e. The summed E-state index contributed by atoms with van der Waals surface area (Å²) in [6, 6.07) is 4.63. The summed E-state index contributed by atoms with van der Waals surface area (Å²) in [6.07, 6.45) is 1.65. The zero-order valence-corrected chi connectivity index (χ0v) is 11.4. The van der Waals surface area contributed by atoms with E-state index in [0.717, 1.165) is 12.1 Å². The van der Waals surface area contributed by atoms with Crippen molar-refractivity contribution in [3.8, 4) is 5.75 Å². The van der Waals surface area contributed by atoms with Crippen LogP contribution in [0.15, 0.2) is 30.9 Å². The largest absolute Gasteiger partial charge is 0.489 e. The summed E-state index contributed by atoms with van der Waals surface area (Å²) in [5.41, 5.74) is 0.865. The number of nitro groups is 1. The van der Waals surface area contributed by atoms with Gasteiger partial charge in [-0.3, -0.25) is 10.1 Å². The molecule has 0 amide bonds. The van der Waals surface area contributed by atoms with Crippen LogP contribution in [0.5, 0.6) is 5.75 Å². The fourth-order valence-corrected chi connectivity index (χ4v) is 1.60. The molecule has 5 nitrogen and oxygen atoms in total. The van der Waals surface area contributed by atoms with E-state index in [2.05, 4.69) is 25.7 Å². The Morgan fingerprint density at radius 1 is 1.53 bits per heavy atom. The molecule has 0 saturated heterocycles. The second-order valence-electron chi connectivity index (χ2n) is 4.67. The molecule has 0 heterocycles. The molecule has 104 valence electrons. The highest BCUT2D eigenvalue weighted by Crippen LogP contribution is 2.24. The van der Waals surface area contributed by atoms with Gasteiger partial charge in [0.15, 0.2) is 0 Å². The van der Waals surface area contributed by atoms with Crippen molar-refractivity contribution in [1.82, 2.24) is 5.32 Å². The van der Waals surface area contributed by atoms with Crippen molar-refractivity contribution < 1.29 is 9.66 Å². The molecule has 0 aliphatic heterocycles. The number of hydrogen-bond donors (Lipinski definition) is 1. The normalized spacial score (nSPS) is 10.5. The van der Waals surface area contributed by atoms with Gasteiger partial charge < -0.3 is 10.1 Å². The van der Waals surface area contributed by atoms with Crippen LogP contribution in [0.1, 0.15) is 19.4 Å². The molecule has 1 N–H and O–H groups in total. The van der Waals surface area contributed by atoms with Gasteiger partial charge >= 0.3 is 0 Å². The average Bonchev–Trinajstić information content (AvgIpc) is 2.36. The highest BCUT2D eigenvalue weighted by atomic mass is 16.6. The first-order valence-electron chi connectivity index (χ1n) is 6.26. The van der Waals surface area contributed by atoms with Gasteiger partial charge in [0.25, 0.3) is 5.69 Å². The number of rotatable bonds is 8. The molecule has 0 saturated carbocycles. The van der Waals surface area contributed by atoms with E-state index in [4.69, 9.17) is 4.74 Å². The van der Waals surface area contributed by atoms with E-state index in [1.54, 1.807) is 18.2 Å². The lowest BCUT2D eigenvalue weighted by molar-refractivity contribution is -0.384. The molecule has 1 aromatic rings. The van der Waals surface area contributed by atoms with Crippen LogP contribution in [-0.4, -0.2) is 18.1 Å². The molecule has 1 rings (SSSR count). The van der Waals surface area contributed by atoms with Crippen LogP contribution in [-0.2, 0) is 6.54 Å². The van der Waals surface area contributed by atoms with Crippen LogP contribution in [0.2, 0.25) is 0 Å². The van der Waals surface area contributed by atoms with Crippen molar-refractivity contribution in [3.63, 3.8) is 0 Å². The molecule has 0 aliphatic rings. The molecule has 19 heavy (non-hydrogen) atoms. The van der Waals surface area contributed by atoms with Gasteiger partial charge in [-0.25, -0.2) is 0 Å². The monoisotopic (exact) mass is 264 g/mol. The van der Waals surface area contributed by atoms with E-state index < -0.39 is 4.92 Å². The minimum Gasteiger partial charge on any atom is -0.489 e. The molecule has 0 aliphatic carbocycles. The first-order chi connectivity index (χ1) is 9.04. The zero-order chi connectivity index (χ0) is 14.3. The second kappa shape index (κ2) is 7.53. The predicted octanol–water partition coefficient (Wildman–Crippen LogP) is 2.91. The Balaban J connectivity index is 2.83. The SMILES string of the molecule is C=CCOc1ccc([N+](=O)[O-])cc1CNCC(C)C. The van der Waals surface area contributed by atoms with Gasteiger partial charge in [-0.05, 0) is 18.5 Å². The van der Waals surface area contributed by atoms with Gasteiger partial charge in [0, 0.05) is 24.2 Å². The van der Waals surface area contributed by atoms with E-state index >= 15 is 0 Å². The van der Waals surface area contributed by atoms with Crippen LogP contribution in [0.3, 0.4) is 0 Å². The van der Waals surface area contributed by atoms with Gasteiger partial charge in [-0.2, -0.15) is 0 Å². The highest BCUT2D eigenvalue weighted by Gasteiger charge is 2.11. The van der Waals surface area contributed by atoms with Gasteiger partial charge in [-0.1, -0.05) is 26.5 Å². The topological polar surface area (TPSA) is 64.4 Å². The Labute approximate surface area is 113 Å². The molecule has 1 aromatic carbocycles. The number of hydrogen-bond acceptors (Lipinski definition) is 4. The summed E-state index contributed by atoms with van der Waals surface area (Å²) in [7, 11) is 0. The van der Waals surface area contributed by atoms with Gasteiger partial charge in [-0.15, -0.1) is 0 Å². The molecular formula is C14H20N2O3. The maximum absolute atomic E-state index is 10.8. The van der Waals surface area contributed by atoms with E-state index in [1.807, 2.05) is 0 Å². The van der Waals surface area contributed by atoms with E-state index in [1.165, 1.54) is 6.07 Å². The number of ether oxygens (including phenoxy) is 1. The number of non-ortho nitro benzene ring substituents is 1. The van der Waals surface area contributed by atoms with Crippen molar-refractivity contribution in [2.24, 2.45) is 5.92 Å². The van der Waals surface area contributed by atoms with Crippen LogP contribution in [0.25, 0.3) is 0 Å². The maximum atomic E-state index is 10.8. The Hall–Kier alpha value is -1.88. The Morgan fingerprint density at radius 3 is 2.84 bits per heavy atom. The number of nitrogens with one attached hydrogen (secondary N) is 1. The number of benzene rings is 1. The molecule has 0 radical (unpaired) electrons. The van der Waals surface area contributed by atoms with E-state index in [9.17, 15) is 10.1 Å². The minimum absolute atomic E-state index is 0.0762. The van der Waals surface area contributed by atoms with Gasteiger partial charge in [0.1, 0.15) is 12.4 Å². The molecule has 0 aromatic heterocycles. The Kier molecular flexibility index (Phi) is 6.02. The maximum Gasteiger partial charge on any atom is 0.270 e. The third-order valence-electron chi connectivity index (χ3n) is 2.48. The zero-order valence-electron chi connectivity index (χ0n) is 11.4. The van der Waals surface area contributed by atoms with Crippen LogP contribution >= 0.6 is 0 Å². The first-order valence-corrected chi connectivity index (χ1v) is 6.26. The molecular weight excluding hydrogens is 244 g/mol. The fourth-order valence-electron chi connectivity index (χ4n) is 1.60. The summed E-state index contributed by atoms with van der Waals surface area (Å²) in [5, 5.41) is 14.0. The molecule has 0 unspecified atom stereocenters. The lowest BCUT2D eigenvalue weighted by atomic mass is 10.1. The standard InChI is InChI=1S/C14H20N2O3/c1-4-7-19-14-6-5-13(16(17)18)8-12(14)10-15-9-11(2)3/h4-6,8,11,15H,1,7,9-10H2,2-3H3. The summed E-state index contributed by atoms with van der Waals surface area (Å²) >= 11 is 0. The van der Waals surface area contributed by atoms with Crippen molar-refractivity contribution >= 4 is 5.69 Å². The van der Waals surface area contributed by atoms with Crippen molar-refractivity contribution in [2.45, 2.75) is 20.4 Å². The number of nitro benzene ring substituents is 1. The van der Waals surface area contributed by atoms with Crippen LogP contribution in [0.4, 0.5) is 5.69 Å². The first kappa shape index (κ1) is 15.2. The molecule has 0 fully saturated rings. The summed E-state index contributed by atoms with van der Waals surface area (Å²) < 4.78 is 5.50. The lowest BCUT2D eigenvalue weighted by Gasteiger charge is -2.12. The Bertz CT molecular complexity index is 444. The van der Waals surface area contributed by atoms with Crippen LogP contribution in [0, 0.1) is 16.0 Å². The van der Waals surface area contributed by atoms with Gasteiger partial charge in [0.05, 0.1) is 4.92 Å². The average molecular weight is 264 g/mol. The molecule has 0 spiro atoms. The van der Waals surface area contributed by atoms with Crippen LogP contribution < -0.4 is 10.1 Å². The predicted molar refractivity (Wildman–Crippen MR) is 75.3 cm³/mol. The molecule has 5 heteroatoms. The number of nitrogens with zero attached hydrogens (tertiary/aromatic N) is 1.